The Balaban J connectivity index is 1.51. The molecule has 0 amide bonds. The molecule has 0 aliphatic rings. The van der Waals surface area contributed by atoms with E-state index in [4.69, 9.17) is 4.74 Å². The van der Waals surface area contributed by atoms with Gasteiger partial charge in [0, 0.05) is 41.1 Å². The van der Waals surface area contributed by atoms with E-state index in [-0.39, 0.29) is 18.8 Å². The topological polar surface area (TPSA) is 97.0 Å². The molecule has 25 heavy (non-hydrogen) atoms. The van der Waals surface area contributed by atoms with E-state index >= 15 is 0 Å². The third-order valence-corrected chi connectivity index (χ3v) is 3.71. The second kappa shape index (κ2) is 7.57. The number of hydrogen-bond acceptors (Lipinski definition) is 6. The molecule has 1 aromatic carbocycles. The Morgan fingerprint density at radius 1 is 1.16 bits per heavy atom. The number of ketones is 1. The van der Waals surface area contributed by atoms with Crippen LogP contribution in [0.4, 0.5) is 5.95 Å². The Morgan fingerprint density at radius 2 is 1.92 bits per heavy atom. The van der Waals surface area contributed by atoms with E-state index < -0.39 is 5.97 Å². The summed E-state index contributed by atoms with van der Waals surface area (Å²) >= 11 is 0. The molecule has 2 N–H and O–H groups in total. The summed E-state index contributed by atoms with van der Waals surface area (Å²) < 4.78 is 5.09. The number of hydrogen-bond donors (Lipinski definition) is 2. The summed E-state index contributed by atoms with van der Waals surface area (Å²) in [5.74, 6) is -0.224. The van der Waals surface area contributed by atoms with Crippen LogP contribution in [0.3, 0.4) is 0 Å². The average Bonchev–Trinajstić information content (AvgIpc) is 2.96. The highest BCUT2D eigenvalue weighted by Gasteiger charge is 2.17. The Labute approximate surface area is 144 Å². The summed E-state index contributed by atoms with van der Waals surface area (Å²) in [4.78, 5) is 35.3. The highest BCUT2D eigenvalue weighted by molar-refractivity contribution is 6.10. The van der Waals surface area contributed by atoms with Gasteiger partial charge in [-0.15, -0.1) is 0 Å². The van der Waals surface area contributed by atoms with Crippen molar-refractivity contribution in [1.82, 2.24) is 15.0 Å². The van der Waals surface area contributed by atoms with E-state index in [0.29, 0.717) is 18.1 Å². The molecule has 2 heterocycles. The summed E-state index contributed by atoms with van der Waals surface area (Å²) in [5, 5.41) is 3.75. The molecule has 0 saturated carbocycles. The number of fused-ring (bicyclic) bond motifs is 1. The Morgan fingerprint density at radius 3 is 2.72 bits per heavy atom. The second-order valence-corrected chi connectivity index (χ2v) is 5.50. The molecule has 0 unspecified atom stereocenters. The third kappa shape index (κ3) is 4.00. The lowest BCUT2D eigenvalue weighted by atomic mass is 10.1. The largest absolute Gasteiger partial charge is 0.457 e. The first kappa shape index (κ1) is 16.6. The lowest BCUT2D eigenvalue weighted by molar-refractivity contribution is -0.142. The highest BCUT2D eigenvalue weighted by atomic mass is 16.5. The van der Waals surface area contributed by atoms with Gasteiger partial charge in [-0.25, -0.2) is 9.97 Å². The maximum atomic E-state index is 12.4. The van der Waals surface area contributed by atoms with Gasteiger partial charge in [-0.3, -0.25) is 9.59 Å². The van der Waals surface area contributed by atoms with Crippen LogP contribution in [0.2, 0.25) is 0 Å². The minimum Gasteiger partial charge on any atom is -0.457 e. The molecule has 0 saturated heterocycles. The minimum absolute atomic E-state index is 0.123. The Bertz CT molecular complexity index is 890. The van der Waals surface area contributed by atoms with E-state index in [1.807, 2.05) is 31.2 Å². The van der Waals surface area contributed by atoms with Gasteiger partial charge < -0.3 is 15.0 Å². The van der Waals surface area contributed by atoms with Crippen molar-refractivity contribution in [2.45, 2.75) is 13.3 Å². The van der Waals surface area contributed by atoms with Crippen molar-refractivity contribution >= 4 is 28.6 Å². The minimum atomic E-state index is -0.450. The van der Waals surface area contributed by atoms with Gasteiger partial charge in [0.1, 0.15) is 0 Å². The summed E-state index contributed by atoms with van der Waals surface area (Å²) in [6.07, 6.45) is 3.34. The average molecular weight is 338 g/mol. The number of aryl methyl sites for hydroxylation is 1. The fourth-order valence-electron chi connectivity index (χ4n) is 2.59. The number of para-hydroxylation sites is 1. The van der Waals surface area contributed by atoms with E-state index in [9.17, 15) is 9.59 Å². The standard InChI is InChI=1S/C18H18N4O3/c1-12-17(13-5-2-3-6-14(13)22-12)15(23)11-25-16(24)7-10-21-18-19-8-4-9-20-18/h2-6,8-9,22H,7,10-11H2,1H3,(H,19,20,21). The zero-order valence-electron chi connectivity index (χ0n) is 13.8. The fraction of sp³-hybridized carbons (Fsp3) is 0.222. The van der Waals surface area contributed by atoms with E-state index in [1.54, 1.807) is 18.5 Å². The number of ether oxygens (including phenoxy) is 1. The predicted octanol–water partition coefficient (Wildman–Crippen LogP) is 2.49. The normalized spacial score (nSPS) is 10.6. The van der Waals surface area contributed by atoms with Crippen LogP contribution in [0.1, 0.15) is 22.5 Å². The van der Waals surface area contributed by atoms with E-state index in [1.165, 1.54) is 0 Å². The lowest BCUT2D eigenvalue weighted by Gasteiger charge is -2.06. The number of Topliss-reactive ketones (excluding diaryl/α,β-unsaturated/α-hetero) is 1. The lowest BCUT2D eigenvalue weighted by Crippen LogP contribution is -2.17. The molecule has 128 valence electrons. The van der Waals surface area contributed by atoms with Crippen LogP contribution in [0.5, 0.6) is 0 Å². The first-order valence-corrected chi connectivity index (χ1v) is 7.92. The Hall–Kier alpha value is -3.22. The molecule has 2 aromatic heterocycles. The highest BCUT2D eigenvalue weighted by Crippen LogP contribution is 2.22. The van der Waals surface area contributed by atoms with Crippen molar-refractivity contribution < 1.29 is 14.3 Å². The van der Waals surface area contributed by atoms with Crippen LogP contribution in [0, 0.1) is 6.92 Å². The number of anilines is 1. The molecule has 7 heteroatoms. The molecular weight excluding hydrogens is 320 g/mol. The van der Waals surface area contributed by atoms with Crippen molar-refractivity contribution in [2.24, 2.45) is 0 Å². The number of benzene rings is 1. The molecule has 0 aliphatic carbocycles. The van der Waals surface area contributed by atoms with E-state index in [2.05, 4.69) is 20.3 Å². The first-order valence-electron chi connectivity index (χ1n) is 7.92. The van der Waals surface area contributed by atoms with Crippen LogP contribution >= 0.6 is 0 Å². The zero-order chi connectivity index (χ0) is 17.6. The molecule has 0 spiro atoms. The monoisotopic (exact) mass is 338 g/mol. The number of esters is 1. The van der Waals surface area contributed by atoms with Crippen LogP contribution in [-0.2, 0) is 9.53 Å². The van der Waals surface area contributed by atoms with Crippen molar-refractivity contribution in [3.63, 3.8) is 0 Å². The molecule has 0 atom stereocenters. The first-order chi connectivity index (χ1) is 12.1. The second-order valence-electron chi connectivity index (χ2n) is 5.50. The van der Waals surface area contributed by atoms with Gasteiger partial charge in [0.05, 0.1) is 6.42 Å². The zero-order valence-corrected chi connectivity index (χ0v) is 13.8. The summed E-state index contributed by atoms with van der Waals surface area (Å²) in [7, 11) is 0. The van der Waals surface area contributed by atoms with E-state index in [0.717, 1.165) is 16.6 Å². The molecule has 0 fully saturated rings. The number of nitrogens with zero attached hydrogens (tertiary/aromatic N) is 2. The van der Waals surface area contributed by atoms with Gasteiger partial charge in [0.25, 0.3) is 0 Å². The summed E-state index contributed by atoms with van der Waals surface area (Å²) in [6, 6.07) is 9.25. The number of aromatic amines is 1. The number of nitrogens with one attached hydrogen (secondary N) is 2. The fourth-order valence-corrected chi connectivity index (χ4v) is 2.59. The molecule has 0 bridgehead atoms. The van der Waals surface area contributed by atoms with Gasteiger partial charge in [-0.2, -0.15) is 0 Å². The predicted molar refractivity (Wildman–Crippen MR) is 93.5 cm³/mol. The summed E-state index contributed by atoms with van der Waals surface area (Å²) in [5.41, 5.74) is 2.23. The van der Waals surface area contributed by atoms with Gasteiger partial charge >= 0.3 is 5.97 Å². The number of carbonyl (C=O) groups is 2. The molecular formula is C18H18N4O3. The van der Waals surface area contributed by atoms with Crippen LogP contribution in [-0.4, -0.2) is 39.9 Å². The molecule has 0 aliphatic heterocycles. The number of rotatable bonds is 7. The molecule has 7 nitrogen and oxygen atoms in total. The molecule has 3 aromatic rings. The summed E-state index contributed by atoms with van der Waals surface area (Å²) in [6.45, 7) is 1.89. The van der Waals surface area contributed by atoms with Crippen LogP contribution < -0.4 is 5.32 Å². The number of aromatic nitrogens is 3. The van der Waals surface area contributed by atoms with Crippen LogP contribution in [0.25, 0.3) is 10.9 Å². The maximum Gasteiger partial charge on any atom is 0.308 e. The van der Waals surface area contributed by atoms with Crippen molar-refractivity contribution in [3.8, 4) is 0 Å². The van der Waals surface area contributed by atoms with Crippen molar-refractivity contribution in [2.75, 3.05) is 18.5 Å². The van der Waals surface area contributed by atoms with Gasteiger partial charge in [0.2, 0.25) is 11.7 Å². The quantitative estimate of drug-likeness (QED) is 0.507. The molecule has 0 radical (unpaired) electrons. The SMILES string of the molecule is Cc1[nH]c2ccccc2c1C(=O)COC(=O)CCNc1ncccn1. The smallest absolute Gasteiger partial charge is 0.308 e. The number of carbonyl (C=O) groups excluding carboxylic acids is 2. The van der Waals surface area contributed by atoms with Gasteiger partial charge in [-0.1, -0.05) is 18.2 Å². The van der Waals surface area contributed by atoms with Crippen molar-refractivity contribution in [1.29, 1.82) is 0 Å². The maximum absolute atomic E-state index is 12.4. The number of H-pyrrole nitrogens is 1. The third-order valence-electron chi connectivity index (χ3n) is 3.71. The van der Waals surface area contributed by atoms with Gasteiger partial charge in [0.15, 0.2) is 6.61 Å². The van der Waals surface area contributed by atoms with Crippen LogP contribution in [0.15, 0.2) is 42.7 Å². The van der Waals surface area contributed by atoms with Crippen molar-refractivity contribution in [3.05, 3.63) is 54.0 Å². The van der Waals surface area contributed by atoms with Gasteiger partial charge in [-0.05, 0) is 19.1 Å². The Kier molecular flexibility index (Phi) is 5.03. The molecule has 3 rings (SSSR count).